The topological polar surface area (TPSA) is 49.8 Å². The highest BCUT2D eigenvalue weighted by Crippen LogP contribution is 2.28. The highest BCUT2D eigenvalue weighted by Gasteiger charge is 2.40. The molecule has 1 N–H and O–H groups in total. The lowest BCUT2D eigenvalue weighted by Gasteiger charge is -2.45. The summed E-state index contributed by atoms with van der Waals surface area (Å²) < 4.78 is 5.48. The number of likely N-dealkylation sites (tertiary alicyclic amines) is 1. The third-order valence-corrected chi connectivity index (χ3v) is 3.78. The van der Waals surface area contributed by atoms with Crippen molar-refractivity contribution in [1.29, 1.82) is 0 Å². The third kappa shape index (κ3) is 3.07. The normalized spacial score (nSPS) is 22.1. The first kappa shape index (κ1) is 13.9. The highest BCUT2D eigenvalue weighted by molar-refractivity contribution is 5.78. The molecule has 1 aliphatic rings. The number of carbonyl (C=O) groups is 1. The maximum absolute atomic E-state index is 12.2. The second-order valence-corrected chi connectivity index (χ2v) is 5.46. The van der Waals surface area contributed by atoms with E-state index < -0.39 is 11.6 Å². The van der Waals surface area contributed by atoms with Gasteiger partial charge in [-0.15, -0.1) is 0 Å². The molecular formula is C15H21NO3. The van der Waals surface area contributed by atoms with E-state index in [1.165, 1.54) is 0 Å². The van der Waals surface area contributed by atoms with Crippen molar-refractivity contribution < 1.29 is 14.6 Å². The minimum absolute atomic E-state index is 0.0141. The fourth-order valence-electron chi connectivity index (χ4n) is 2.45. The molecule has 1 aromatic carbocycles. The van der Waals surface area contributed by atoms with E-state index in [1.54, 1.807) is 4.90 Å². The largest absolute Gasteiger partial charge is 0.484 e. The summed E-state index contributed by atoms with van der Waals surface area (Å²) in [5.74, 6) is 0.610. The molecule has 2 rings (SSSR count). The predicted octanol–water partition coefficient (Wildman–Crippen LogP) is 1.83. The number of amides is 1. The molecule has 1 aliphatic heterocycles. The Morgan fingerprint density at radius 3 is 2.79 bits per heavy atom. The van der Waals surface area contributed by atoms with E-state index in [0.29, 0.717) is 12.3 Å². The molecule has 4 nitrogen and oxygen atoms in total. The Labute approximate surface area is 114 Å². The first-order valence-corrected chi connectivity index (χ1v) is 6.68. The van der Waals surface area contributed by atoms with Gasteiger partial charge in [0.15, 0.2) is 6.61 Å². The summed E-state index contributed by atoms with van der Waals surface area (Å²) in [5, 5.41) is 10.0. The van der Waals surface area contributed by atoms with E-state index in [9.17, 15) is 9.90 Å². The van der Waals surface area contributed by atoms with Crippen LogP contribution in [-0.2, 0) is 4.79 Å². The van der Waals surface area contributed by atoms with Crippen molar-refractivity contribution in [3.8, 4) is 5.75 Å². The second-order valence-electron chi connectivity index (χ2n) is 5.46. The van der Waals surface area contributed by atoms with Crippen LogP contribution in [0, 0.1) is 0 Å². The smallest absolute Gasteiger partial charge is 0.261 e. The number of para-hydroxylation sites is 1. The van der Waals surface area contributed by atoms with Crippen LogP contribution in [0.2, 0.25) is 0 Å². The SMILES string of the molecule is CC1(C)C(O)CCCN1C(=O)COc1ccccc1. The molecule has 1 amide bonds. The van der Waals surface area contributed by atoms with Crippen molar-refractivity contribution in [3.05, 3.63) is 30.3 Å². The van der Waals surface area contributed by atoms with Crippen LogP contribution >= 0.6 is 0 Å². The molecular weight excluding hydrogens is 242 g/mol. The Bertz CT molecular complexity index is 430. The summed E-state index contributed by atoms with van der Waals surface area (Å²) in [4.78, 5) is 13.9. The number of rotatable bonds is 3. The zero-order valence-corrected chi connectivity index (χ0v) is 11.5. The van der Waals surface area contributed by atoms with Crippen LogP contribution in [0.15, 0.2) is 30.3 Å². The van der Waals surface area contributed by atoms with Crippen molar-refractivity contribution in [3.63, 3.8) is 0 Å². The van der Waals surface area contributed by atoms with Crippen LogP contribution in [0.1, 0.15) is 26.7 Å². The van der Waals surface area contributed by atoms with Gasteiger partial charge in [-0.05, 0) is 38.8 Å². The first-order chi connectivity index (χ1) is 9.01. The number of aliphatic hydroxyl groups is 1. The number of carbonyl (C=O) groups excluding carboxylic acids is 1. The second kappa shape index (κ2) is 5.61. The van der Waals surface area contributed by atoms with Crippen LogP contribution in [0.4, 0.5) is 0 Å². The molecule has 0 bridgehead atoms. The van der Waals surface area contributed by atoms with Gasteiger partial charge in [0.1, 0.15) is 5.75 Å². The molecule has 19 heavy (non-hydrogen) atoms. The van der Waals surface area contributed by atoms with Gasteiger partial charge in [-0.1, -0.05) is 18.2 Å². The molecule has 0 saturated carbocycles. The van der Waals surface area contributed by atoms with Crippen molar-refractivity contribution in [2.45, 2.75) is 38.3 Å². The minimum Gasteiger partial charge on any atom is -0.484 e. The van der Waals surface area contributed by atoms with Gasteiger partial charge < -0.3 is 14.7 Å². The standard InChI is InChI=1S/C15H21NO3/c1-15(2)13(17)9-6-10-16(15)14(18)11-19-12-7-4-3-5-8-12/h3-5,7-8,13,17H,6,9-11H2,1-2H3. The molecule has 104 valence electrons. The van der Waals surface area contributed by atoms with Gasteiger partial charge in [0.2, 0.25) is 0 Å². The molecule has 4 heteroatoms. The van der Waals surface area contributed by atoms with Crippen LogP contribution in [0.3, 0.4) is 0 Å². The molecule has 0 radical (unpaired) electrons. The summed E-state index contributed by atoms with van der Waals surface area (Å²) in [7, 11) is 0. The number of hydrogen-bond donors (Lipinski definition) is 1. The molecule has 0 spiro atoms. The predicted molar refractivity (Wildman–Crippen MR) is 73.0 cm³/mol. The van der Waals surface area contributed by atoms with E-state index in [4.69, 9.17) is 4.74 Å². The van der Waals surface area contributed by atoms with Crippen LogP contribution in [-0.4, -0.2) is 40.7 Å². The van der Waals surface area contributed by atoms with Gasteiger partial charge in [0.25, 0.3) is 5.91 Å². The molecule has 0 aromatic heterocycles. The summed E-state index contributed by atoms with van der Waals surface area (Å²) in [5.41, 5.74) is -0.518. The van der Waals surface area contributed by atoms with Crippen molar-refractivity contribution >= 4 is 5.91 Å². The van der Waals surface area contributed by atoms with E-state index in [0.717, 1.165) is 12.8 Å². The average Bonchev–Trinajstić information content (AvgIpc) is 2.40. The summed E-state index contributed by atoms with van der Waals surface area (Å²) >= 11 is 0. The quantitative estimate of drug-likeness (QED) is 0.905. The van der Waals surface area contributed by atoms with Gasteiger partial charge in [-0.2, -0.15) is 0 Å². The lowest BCUT2D eigenvalue weighted by molar-refractivity contribution is -0.147. The number of hydrogen-bond acceptors (Lipinski definition) is 3. The summed E-state index contributed by atoms with van der Waals surface area (Å²) in [6.45, 7) is 4.50. The van der Waals surface area contributed by atoms with E-state index in [2.05, 4.69) is 0 Å². The zero-order valence-electron chi connectivity index (χ0n) is 11.5. The Morgan fingerprint density at radius 1 is 1.42 bits per heavy atom. The number of benzene rings is 1. The molecule has 1 atom stereocenters. The Hall–Kier alpha value is -1.55. The maximum Gasteiger partial charge on any atom is 0.261 e. The monoisotopic (exact) mass is 263 g/mol. The Kier molecular flexibility index (Phi) is 4.10. The van der Waals surface area contributed by atoms with Gasteiger partial charge in [0.05, 0.1) is 11.6 Å². The number of nitrogens with zero attached hydrogens (tertiary/aromatic N) is 1. The number of piperidine rings is 1. The Morgan fingerprint density at radius 2 is 2.11 bits per heavy atom. The maximum atomic E-state index is 12.2. The summed E-state index contributed by atoms with van der Waals surface area (Å²) in [6.07, 6.45) is 1.11. The van der Waals surface area contributed by atoms with Gasteiger partial charge >= 0.3 is 0 Å². The number of aliphatic hydroxyl groups excluding tert-OH is 1. The zero-order chi connectivity index (χ0) is 13.9. The molecule has 0 aliphatic carbocycles. The van der Waals surface area contributed by atoms with E-state index in [-0.39, 0.29) is 12.5 Å². The van der Waals surface area contributed by atoms with Crippen LogP contribution in [0.25, 0.3) is 0 Å². The highest BCUT2D eigenvalue weighted by atomic mass is 16.5. The van der Waals surface area contributed by atoms with Crippen molar-refractivity contribution in [1.82, 2.24) is 4.90 Å². The fraction of sp³-hybridized carbons (Fsp3) is 0.533. The number of ether oxygens (including phenoxy) is 1. The average molecular weight is 263 g/mol. The molecule has 1 heterocycles. The lowest BCUT2D eigenvalue weighted by atomic mass is 9.87. The molecule has 1 aromatic rings. The first-order valence-electron chi connectivity index (χ1n) is 6.68. The van der Waals surface area contributed by atoms with E-state index in [1.807, 2.05) is 44.2 Å². The lowest BCUT2D eigenvalue weighted by Crippen LogP contribution is -2.59. The van der Waals surface area contributed by atoms with Gasteiger partial charge in [-0.3, -0.25) is 4.79 Å². The fourth-order valence-corrected chi connectivity index (χ4v) is 2.45. The van der Waals surface area contributed by atoms with Crippen LogP contribution in [0.5, 0.6) is 5.75 Å². The molecule has 1 saturated heterocycles. The van der Waals surface area contributed by atoms with Gasteiger partial charge in [-0.25, -0.2) is 0 Å². The van der Waals surface area contributed by atoms with E-state index >= 15 is 0 Å². The Balaban J connectivity index is 1.96. The minimum atomic E-state index is -0.518. The molecule has 1 fully saturated rings. The molecule has 1 unspecified atom stereocenters. The van der Waals surface area contributed by atoms with Crippen LogP contribution < -0.4 is 4.74 Å². The van der Waals surface area contributed by atoms with Gasteiger partial charge in [0, 0.05) is 6.54 Å². The van der Waals surface area contributed by atoms with Crippen molar-refractivity contribution in [2.24, 2.45) is 0 Å². The van der Waals surface area contributed by atoms with Crippen molar-refractivity contribution in [2.75, 3.05) is 13.2 Å². The summed E-state index contributed by atoms with van der Waals surface area (Å²) in [6, 6.07) is 9.29. The third-order valence-electron chi connectivity index (χ3n) is 3.78.